The SMILES string of the molecule is CCC(C)C(C)Nc1ccccc1-n1cncn1. The molecule has 2 aromatic rings. The van der Waals surface area contributed by atoms with Crippen LogP contribution in [0.4, 0.5) is 5.69 Å². The molecule has 0 aliphatic rings. The predicted octanol–water partition coefficient (Wildman–Crippen LogP) is 3.11. The highest BCUT2D eigenvalue weighted by Crippen LogP contribution is 2.21. The minimum atomic E-state index is 0.430. The van der Waals surface area contributed by atoms with E-state index in [1.165, 1.54) is 6.42 Å². The van der Waals surface area contributed by atoms with E-state index in [2.05, 4.69) is 42.2 Å². The molecular weight excluding hydrogens is 224 g/mol. The van der Waals surface area contributed by atoms with E-state index >= 15 is 0 Å². The van der Waals surface area contributed by atoms with Crippen molar-refractivity contribution >= 4 is 5.69 Å². The maximum atomic E-state index is 4.18. The van der Waals surface area contributed by atoms with Crippen LogP contribution in [-0.2, 0) is 0 Å². The molecule has 0 spiro atoms. The lowest BCUT2D eigenvalue weighted by Gasteiger charge is -2.22. The lowest BCUT2D eigenvalue weighted by molar-refractivity contribution is 0.494. The Hall–Kier alpha value is -1.84. The van der Waals surface area contributed by atoms with Gasteiger partial charge < -0.3 is 5.32 Å². The van der Waals surface area contributed by atoms with Crippen LogP contribution in [0.15, 0.2) is 36.9 Å². The fourth-order valence-corrected chi connectivity index (χ4v) is 1.87. The third-order valence-corrected chi connectivity index (χ3v) is 3.45. The summed E-state index contributed by atoms with van der Waals surface area (Å²) in [4.78, 5) is 3.99. The van der Waals surface area contributed by atoms with Crippen LogP contribution in [0.1, 0.15) is 27.2 Å². The maximum absolute atomic E-state index is 4.18. The van der Waals surface area contributed by atoms with Crippen molar-refractivity contribution in [1.82, 2.24) is 14.8 Å². The molecule has 2 atom stereocenters. The number of hydrogen-bond donors (Lipinski definition) is 1. The molecule has 0 aliphatic carbocycles. The lowest BCUT2D eigenvalue weighted by Crippen LogP contribution is -2.24. The first kappa shape index (κ1) is 12.6. The van der Waals surface area contributed by atoms with Crippen LogP contribution >= 0.6 is 0 Å². The van der Waals surface area contributed by atoms with Gasteiger partial charge in [0.25, 0.3) is 0 Å². The molecule has 1 aromatic heterocycles. The molecule has 0 amide bonds. The Morgan fingerprint density at radius 3 is 2.72 bits per heavy atom. The van der Waals surface area contributed by atoms with Crippen molar-refractivity contribution in [2.24, 2.45) is 5.92 Å². The molecule has 0 fully saturated rings. The van der Waals surface area contributed by atoms with Crippen LogP contribution in [-0.4, -0.2) is 20.8 Å². The Balaban J connectivity index is 2.23. The average Bonchev–Trinajstić information content (AvgIpc) is 2.92. The molecule has 1 aromatic carbocycles. The van der Waals surface area contributed by atoms with E-state index in [4.69, 9.17) is 0 Å². The zero-order valence-electron chi connectivity index (χ0n) is 11.2. The second-order valence-corrected chi connectivity index (χ2v) is 4.68. The van der Waals surface area contributed by atoms with Gasteiger partial charge in [0.2, 0.25) is 0 Å². The normalized spacial score (nSPS) is 14.2. The highest BCUT2D eigenvalue weighted by atomic mass is 15.3. The summed E-state index contributed by atoms with van der Waals surface area (Å²) >= 11 is 0. The molecule has 1 heterocycles. The third kappa shape index (κ3) is 2.70. The van der Waals surface area contributed by atoms with E-state index in [1.54, 1.807) is 17.3 Å². The van der Waals surface area contributed by atoms with Crippen LogP contribution < -0.4 is 5.32 Å². The second kappa shape index (κ2) is 5.67. The smallest absolute Gasteiger partial charge is 0.138 e. The summed E-state index contributed by atoms with van der Waals surface area (Å²) in [6.07, 6.45) is 4.43. The Morgan fingerprint density at radius 2 is 2.06 bits per heavy atom. The molecule has 0 saturated carbocycles. The Kier molecular flexibility index (Phi) is 3.97. The highest BCUT2D eigenvalue weighted by Gasteiger charge is 2.12. The first-order chi connectivity index (χ1) is 8.72. The van der Waals surface area contributed by atoms with Gasteiger partial charge in [-0.25, -0.2) is 9.67 Å². The summed E-state index contributed by atoms with van der Waals surface area (Å²) in [5, 5.41) is 7.75. The molecule has 0 saturated heterocycles. The van der Waals surface area contributed by atoms with E-state index in [0.29, 0.717) is 12.0 Å². The number of aromatic nitrogens is 3. The number of hydrogen-bond acceptors (Lipinski definition) is 3. The molecule has 18 heavy (non-hydrogen) atoms. The summed E-state index contributed by atoms with van der Waals surface area (Å²) in [5.41, 5.74) is 2.13. The molecule has 2 rings (SSSR count). The van der Waals surface area contributed by atoms with Gasteiger partial charge in [-0.1, -0.05) is 32.4 Å². The van der Waals surface area contributed by atoms with E-state index in [0.717, 1.165) is 11.4 Å². The standard InChI is InChI=1S/C14H20N4/c1-4-11(2)12(3)17-13-7-5-6-8-14(13)18-10-15-9-16-18/h5-12,17H,4H2,1-3H3. The van der Waals surface area contributed by atoms with Gasteiger partial charge in [0.15, 0.2) is 0 Å². The fourth-order valence-electron chi connectivity index (χ4n) is 1.87. The van der Waals surface area contributed by atoms with Crippen molar-refractivity contribution in [3.05, 3.63) is 36.9 Å². The van der Waals surface area contributed by atoms with E-state index in [-0.39, 0.29) is 0 Å². The van der Waals surface area contributed by atoms with Gasteiger partial charge >= 0.3 is 0 Å². The molecule has 0 radical (unpaired) electrons. The number of nitrogens with one attached hydrogen (secondary N) is 1. The van der Waals surface area contributed by atoms with Gasteiger partial charge in [-0.05, 0) is 25.0 Å². The first-order valence-corrected chi connectivity index (χ1v) is 6.43. The van der Waals surface area contributed by atoms with Crippen LogP contribution in [0, 0.1) is 5.92 Å². The van der Waals surface area contributed by atoms with Gasteiger partial charge in [0, 0.05) is 6.04 Å². The summed E-state index contributed by atoms with van der Waals surface area (Å²) in [7, 11) is 0. The van der Waals surface area contributed by atoms with Gasteiger partial charge in [0.1, 0.15) is 12.7 Å². The van der Waals surface area contributed by atoms with Crippen LogP contribution in [0.5, 0.6) is 0 Å². The monoisotopic (exact) mass is 244 g/mol. The summed E-state index contributed by atoms with van der Waals surface area (Å²) < 4.78 is 1.78. The fraction of sp³-hybridized carbons (Fsp3) is 0.429. The molecule has 2 unspecified atom stereocenters. The topological polar surface area (TPSA) is 42.7 Å². The van der Waals surface area contributed by atoms with Crippen LogP contribution in [0.25, 0.3) is 5.69 Å². The molecule has 4 heteroatoms. The number of rotatable bonds is 5. The van der Waals surface area contributed by atoms with E-state index < -0.39 is 0 Å². The molecule has 0 aliphatic heterocycles. The van der Waals surface area contributed by atoms with Crippen molar-refractivity contribution in [1.29, 1.82) is 0 Å². The van der Waals surface area contributed by atoms with Gasteiger partial charge in [0.05, 0.1) is 11.4 Å². The Morgan fingerprint density at radius 1 is 1.28 bits per heavy atom. The van der Waals surface area contributed by atoms with Crippen molar-refractivity contribution in [2.75, 3.05) is 5.32 Å². The number of benzene rings is 1. The predicted molar refractivity (Wildman–Crippen MR) is 73.9 cm³/mol. The van der Waals surface area contributed by atoms with Gasteiger partial charge in [-0.15, -0.1) is 0 Å². The Bertz CT molecular complexity index is 478. The zero-order chi connectivity index (χ0) is 13.0. The lowest BCUT2D eigenvalue weighted by atomic mass is 10.0. The van der Waals surface area contributed by atoms with Crippen LogP contribution in [0.2, 0.25) is 0 Å². The minimum Gasteiger partial charge on any atom is -0.381 e. The number of anilines is 1. The quantitative estimate of drug-likeness (QED) is 0.878. The number of nitrogens with zero attached hydrogens (tertiary/aromatic N) is 3. The molecule has 96 valence electrons. The van der Waals surface area contributed by atoms with Crippen molar-refractivity contribution in [3.8, 4) is 5.69 Å². The minimum absolute atomic E-state index is 0.430. The number of para-hydroxylation sites is 2. The van der Waals surface area contributed by atoms with Crippen molar-refractivity contribution in [2.45, 2.75) is 33.2 Å². The summed E-state index contributed by atoms with van der Waals surface area (Å²) in [5.74, 6) is 0.633. The Labute approximate surface area is 108 Å². The average molecular weight is 244 g/mol. The first-order valence-electron chi connectivity index (χ1n) is 6.43. The second-order valence-electron chi connectivity index (χ2n) is 4.68. The van der Waals surface area contributed by atoms with E-state index in [9.17, 15) is 0 Å². The molecular formula is C14H20N4. The third-order valence-electron chi connectivity index (χ3n) is 3.45. The molecule has 4 nitrogen and oxygen atoms in total. The van der Waals surface area contributed by atoms with Crippen molar-refractivity contribution < 1.29 is 0 Å². The summed E-state index contributed by atoms with van der Waals surface area (Å²) in [6.45, 7) is 6.69. The zero-order valence-corrected chi connectivity index (χ0v) is 11.2. The summed E-state index contributed by atoms with van der Waals surface area (Å²) in [6, 6.07) is 8.60. The van der Waals surface area contributed by atoms with Gasteiger partial charge in [-0.3, -0.25) is 0 Å². The highest BCUT2D eigenvalue weighted by molar-refractivity contribution is 5.60. The largest absolute Gasteiger partial charge is 0.381 e. The van der Waals surface area contributed by atoms with E-state index in [1.807, 2.05) is 18.2 Å². The van der Waals surface area contributed by atoms with Crippen molar-refractivity contribution in [3.63, 3.8) is 0 Å². The van der Waals surface area contributed by atoms with Crippen LogP contribution in [0.3, 0.4) is 0 Å². The molecule has 1 N–H and O–H groups in total. The van der Waals surface area contributed by atoms with Gasteiger partial charge in [-0.2, -0.15) is 5.10 Å². The molecule has 0 bridgehead atoms. The maximum Gasteiger partial charge on any atom is 0.138 e.